The van der Waals surface area contributed by atoms with Crippen LogP contribution in [0.4, 0.5) is 0 Å². The van der Waals surface area contributed by atoms with E-state index in [4.69, 9.17) is 0 Å². The third-order valence-electron chi connectivity index (χ3n) is 4.61. The summed E-state index contributed by atoms with van der Waals surface area (Å²) in [6, 6.07) is 5.22. The fraction of sp³-hybridized carbons (Fsp3) is 0.684. The number of benzene rings is 1. The minimum Gasteiger partial charge on any atom is -0.313 e. The molecule has 0 heterocycles. The first-order chi connectivity index (χ1) is 9.36. The van der Waals surface area contributed by atoms with Gasteiger partial charge in [0.2, 0.25) is 0 Å². The van der Waals surface area contributed by atoms with Gasteiger partial charge in [0.25, 0.3) is 0 Å². The van der Waals surface area contributed by atoms with E-state index in [0.717, 1.165) is 18.9 Å². The van der Waals surface area contributed by atoms with Crippen molar-refractivity contribution in [2.24, 2.45) is 11.8 Å². The summed E-state index contributed by atoms with van der Waals surface area (Å²) in [5.74, 6) is 1.41. The van der Waals surface area contributed by atoms with Crippen LogP contribution in [0.3, 0.4) is 0 Å². The van der Waals surface area contributed by atoms with Crippen LogP contribution in [0.1, 0.15) is 56.4 Å². The van der Waals surface area contributed by atoms with Gasteiger partial charge in [0, 0.05) is 6.04 Å². The van der Waals surface area contributed by atoms with Gasteiger partial charge in [-0.05, 0) is 68.7 Å². The summed E-state index contributed by atoms with van der Waals surface area (Å²) in [5.41, 5.74) is 5.80. The lowest BCUT2D eigenvalue weighted by atomic mass is 9.84. The van der Waals surface area contributed by atoms with Crippen LogP contribution >= 0.6 is 0 Å². The fourth-order valence-electron chi connectivity index (χ4n) is 2.99. The zero-order valence-electron chi connectivity index (χ0n) is 14.5. The second-order valence-electron chi connectivity index (χ2n) is 6.75. The second kappa shape index (κ2) is 7.83. The van der Waals surface area contributed by atoms with Gasteiger partial charge in [-0.2, -0.15) is 0 Å². The highest BCUT2D eigenvalue weighted by atomic mass is 14.9. The Balaban J connectivity index is 2.94. The molecule has 1 aromatic rings. The maximum Gasteiger partial charge on any atom is 0.0136 e. The van der Waals surface area contributed by atoms with Gasteiger partial charge < -0.3 is 5.32 Å². The van der Waals surface area contributed by atoms with Gasteiger partial charge in [0.05, 0.1) is 0 Å². The van der Waals surface area contributed by atoms with E-state index in [0.29, 0.717) is 12.0 Å². The quantitative estimate of drug-likeness (QED) is 0.752. The van der Waals surface area contributed by atoms with Crippen LogP contribution in [0.5, 0.6) is 0 Å². The lowest BCUT2D eigenvalue weighted by molar-refractivity contribution is 0.296. The summed E-state index contributed by atoms with van der Waals surface area (Å²) in [6.45, 7) is 17.1. The zero-order chi connectivity index (χ0) is 15.3. The molecule has 114 valence electrons. The average Bonchev–Trinajstić information content (AvgIpc) is 2.36. The molecule has 2 atom stereocenters. The summed E-state index contributed by atoms with van der Waals surface area (Å²) >= 11 is 0. The van der Waals surface area contributed by atoms with Crippen molar-refractivity contribution in [3.63, 3.8) is 0 Å². The molecule has 1 rings (SSSR count). The van der Waals surface area contributed by atoms with E-state index in [1.54, 1.807) is 0 Å². The number of hydrogen-bond acceptors (Lipinski definition) is 1. The molecule has 0 aliphatic rings. The molecule has 0 spiro atoms. The first-order valence-corrected chi connectivity index (χ1v) is 8.16. The topological polar surface area (TPSA) is 12.0 Å². The highest BCUT2D eigenvalue weighted by molar-refractivity contribution is 5.38. The predicted octanol–water partition coefficient (Wildman–Crippen LogP) is 4.81. The molecule has 20 heavy (non-hydrogen) atoms. The Labute approximate surface area is 126 Å². The van der Waals surface area contributed by atoms with Crippen molar-refractivity contribution in [1.29, 1.82) is 0 Å². The lowest BCUT2D eigenvalue weighted by Gasteiger charge is -2.29. The van der Waals surface area contributed by atoms with E-state index >= 15 is 0 Å². The molecule has 0 bridgehead atoms. The third-order valence-corrected chi connectivity index (χ3v) is 4.61. The van der Waals surface area contributed by atoms with Crippen LogP contribution in [0.2, 0.25) is 0 Å². The monoisotopic (exact) mass is 275 g/mol. The molecule has 1 aromatic carbocycles. The van der Waals surface area contributed by atoms with Gasteiger partial charge in [-0.25, -0.2) is 0 Å². The number of aryl methyl sites for hydroxylation is 3. The second-order valence-corrected chi connectivity index (χ2v) is 6.75. The largest absolute Gasteiger partial charge is 0.313 e. The van der Waals surface area contributed by atoms with Crippen LogP contribution in [0, 0.1) is 32.6 Å². The molecule has 0 fully saturated rings. The normalized spacial score (nSPS) is 14.6. The Morgan fingerprint density at radius 2 is 1.55 bits per heavy atom. The maximum atomic E-state index is 3.77. The van der Waals surface area contributed by atoms with Crippen LogP contribution in [0.15, 0.2) is 12.1 Å². The van der Waals surface area contributed by atoms with Crippen LogP contribution < -0.4 is 5.32 Å². The van der Waals surface area contributed by atoms with E-state index in [-0.39, 0.29) is 0 Å². The molecule has 0 saturated carbocycles. The molecule has 0 radical (unpaired) electrons. The van der Waals surface area contributed by atoms with Gasteiger partial charge in [0.1, 0.15) is 0 Å². The number of rotatable bonds is 7. The standard InChI is InChI=1S/C19H33N/c1-8-9-20-19(17(7)13(2)3)12-18-15(5)10-14(4)11-16(18)6/h10-11,13,17,19-20H,8-9,12H2,1-7H3. The third kappa shape index (κ3) is 4.63. The minimum absolute atomic E-state index is 0.579. The number of hydrogen-bond donors (Lipinski definition) is 1. The van der Waals surface area contributed by atoms with Crippen molar-refractivity contribution >= 4 is 0 Å². The van der Waals surface area contributed by atoms with Gasteiger partial charge >= 0.3 is 0 Å². The van der Waals surface area contributed by atoms with Gasteiger partial charge in [-0.3, -0.25) is 0 Å². The smallest absolute Gasteiger partial charge is 0.0136 e. The molecular weight excluding hydrogens is 242 g/mol. The molecule has 1 N–H and O–H groups in total. The summed E-state index contributed by atoms with van der Waals surface area (Å²) < 4.78 is 0. The van der Waals surface area contributed by atoms with Crippen LogP contribution in [0.25, 0.3) is 0 Å². The Hall–Kier alpha value is -0.820. The lowest BCUT2D eigenvalue weighted by Crippen LogP contribution is -2.39. The summed E-state index contributed by atoms with van der Waals surface area (Å²) in [5, 5.41) is 3.77. The van der Waals surface area contributed by atoms with E-state index in [9.17, 15) is 0 Å². The average molecular weight is 275 g/mol. The van der Waals surface area contributed by atoms with Crippen molar-refractivity contribution in [1.82, 2.24) is 5.32 Å². The molecule has 2 unspecified atom stereocenters. The summed E-state index contributed by atoms with van der Waals surface area (Å²) in [4.78, 5) is 0. The fourth-order valence-corrected chi connectivity index (χ4v) is 2.99. The zero-order valence-corrected chi connectivity index (χ0v) is 14.5. The Bertz CT molecular complexity index is 397. The van der Waals surface area contributed by atoms with Crippen LogP contribution in [-0.2, 0) is 6.42 Å². The molecule has 0 aliphatic carbocycles. The highest BCUT2D eigenvalue weighted by Gasteiger charge is 2.21. The van der Waals surface area contributed by atoms with Crippen molar-refractivity contribution in [3.8, 4) is 0 Å². The molecule has 0 saturated heterocycles. The molecule has 1 nitrogen and oxygen atoms in total. The van der Waals surface area contributed by atoms with E-state index < -0.39 is 0 Å². The predicted molar refractivity (Wildman–Crippen MR) is 90.4 cm³/mol. The molecule has 1 heteroatoms. The van der Waals surface area contributed by atoms with E-state index in [1.807, 2.05) is 0 Å². The molecule has 0 aromatic heterocycles. The van der Waals surface area contributed by atoms with Gasteiger partial charge in [-0.1, -0.05) is 45.4 Å². The Morgan fingerprint density at radius 1 is 1.00 bits per heavy atom. The first-order valence-electron chi connectivity index (χ1n) is 8.16. The Kier molecular flexibility index (Phi) is 6.75. The number of nitrogens with one attached hydrogen (secondary N) is 1. The molecule has 0 aliphatic heterocycles. The minimum atomic E-state index is 0.579. The maximum absolute atomic E-state index is 3.77. The summed E-state index contributed by atoms with van der Waals surface area (Å²) in [6.07, 6.45) is 2.35. The molecular formula is C19H33N. The molecule has 0 amide bonds. The van der Waals surface area contributed by atoms with Crippen molar-refractivity contribution in [3.05, 3.63) is 34.4 Å². The first kappa shape index (κ1) is 17.2. The van der Waals surface area contributed by atoms with E-state index in [2.05, 4.69) is 65.9 Å². The SMILES string of the molecule is CCCNC(Cc1c(C)cc(C)cc1C)C(C)C(C)C. The summed E-state index contributed by atoms with van der Waals surface area (Å²) in [7, 11) is 0. The van der Waals surface area contributed by atoms with Gasteiger partial charge in [0.15, 0.2) is 0 Å². The van der Waals surface area contributed by atoms with Gasteiger partial charge in [-0.15, -0.1) is 0 Å². The van der Waals surface area contributed by atoms with Crippen molar-refractivity contribution in [2.45, 2.75) is 67.3 Å². The van der Waals surface area contributed by atoms with E-state index in [1.165, 1.54) is 28.7 Å². The Morgan fingerprint density at radius 3 is 2.00 bits per heavy atom. The van der Waals surface area contributed by atoms with Crippen molar-refractivity contribution in [2.75, 3.05) is 6.54 Å². The van der Waals surface area contributed by atoms with Crippen LogP contribution in [-0.4, -0.2) is 12.6 Å². The van der Waals surface area contributed by atoms with Crippen molar-refractivity contribution < 1.29 is 0 Å². The highest BCUT2D eigenvalue weighted by Crippen LogP contribution is 2.23.